The lowest BCUT2D eigenvalue weighted by atomic mass is 9.83. The summed E-state index contributed by atoms with van der Waals surface area (Å²) in [7, 11) is 0. The Kier molecular flexibility index (Phi) is 3.23. The highest BCUT2D eigenvalue weighted by Crippen LogP contribution is 2.34. The third-order valence-corrected chi connectivity index (χ3v) is 3.15. The Hall–Kier alpha value is -1.06. The molecule has 4 nitrogen and oxygen atoms in total. The van der Waals surface area contributed by atoms with E-state index < -0.39 is 0 Å². The summed E-state index contributed by atoms with van der Waals surface area (Å²) < 4.78 is 5.11. The highest BCUT2D eigenvalue weighted by molar-refractivity contribution is 5.18. The standard InChI is InChI=1S/C11H19N3O/c1-3-12-11-13-10(14-15-11)9-6-4-8(2)5-7-9/h8-9H,3-7H2,1-2H3,(H,12,13,14). The molecule has 0 bridgehead atoms. The first kappa shape index (κ1) is 10.5. The largest absolute Gasteiger partial charge is 0.338 e. The Labute approximate surface area is 90.4 Å². The minimum Gasteiger partial charge on any atom is -0.338 e. The summed E-state index contributed by atoms with van der Waals surface area (Å²) in [5, 5.41) is 7.07. The van der Waals surface area contributed by atoms with Crippen molar-refractivity contribution >= 4 is 6.01 Å². The van der Waals surface area contributed by atoms with E-state index in [4.69, 9.17) is 4.52 Å². The van der Waals surface area contributed by atoms with Crippen LogP contribution in [0, 0.1) is 5.92 Å². The maximum atomic E-state index is 5.11. The second-order valence-electron chi connectivity index (χ2n) is 4.44. The molecular formula is C11H19N3O. The smallest absolute Gasteiger partial charge is 0.321 e. The average Bonchev–Trinajstić information content (AvgIpc) is 2.68. The number of hydrogen-bond donors (Lipinski definition) is 1. The molecule has 1 fully saturated rings. The lowest BCUT2D eigenvalue weighted by Gasteiger charge is -2.23. The quantitative estimate of drug-likeness (QED) is 0.831. The fourth-order valence-electron chi connectivity index (χ4n) is 2.14. The molecule has 1 heterocycles. The van der Waals surface area contributed by atoms with Crippen LogP contribution in [0.5, 0.6) is 0 Å². The number of aromatic nitrogens is 2. The third-order valence-electron chi connectivity index (χ3n) is 3.15. The molecular weight excluding hydrogens is 190 g/mol. The van der Waals surface area contributed by atoms with E-state index in [0.29, 0.717) is 11.9 Å². The van der Waals surface area contributed by atoms with Crippen molar-refractivity contribution in [3.8, 4) is 0 Å². The van der Waals surface area contributed by atoms with E-state index in [2.05, 4.69) is 22.4 Å². The molecule has 0 aliphatic heterocycles. The van der Waals surface area contributed by atoms with Gasteiger partial charge < -0.3 is 9.84 Å². The van der Waals surface area contributed by atoms with Crippen LogP contribution >= 0.6 is 0 Å². The number of rotatable bonds is 3. The second-order valence-corrected chi connectivity index (χ2v) is 4.44. The van der Waals surface area contributed by atoms with Gasteiger partial charge in [0.1, 0.15) is 0 Å². The fraction of sp³-hybridized carbons (Fsp3) is 0.818. The van der Waals surface area contributed by atoms with Crippen molar-refractivity contribution in [2.24, 2.45) is 5.92 Å². The van der Waals surface area contributed by atoms with Crippen LogP contribution in [0.3, 0.4) is 0 Å². The molecule has 1 aliphatic rings. The van der Waals surface area contributed by atoms with Crippen molar-refractivity contribution in [1.82, 2.24) is 10.1 Å². The summed E-state index contributed by atoms with van der Waals surface area (Å²) in [5.74, 6) is 2.26. The molecule has 0 radical (unpaired) electrons. The highest BCUT2D eigenvalue weighted by Gasteiger charge is 2.23. The van der Waals surface area contributed by atoms with Crippen LogP contribution in [0.15, 0.2) is 4.52 Å². The van der Waals surface area contributed by atoms with Crippen molar-refractivity contribution in [3.05, 3.63) is 5.82 Å². The summed E-state index contributed by atoms with van der Waals surface area (Å²) in [6.45, 7) is 5.16. The van der Waals surface area contributed by atoms with Gasteiger partial charge in [0.05, 0.1) is 0 Å². The molecule has 1 aromatic heterocycles. The summed E-state index contributed by atoms with van der Waals surface area (Å²) in [6.07, 6.45) is 4.98. The van der Waals surface area contributed by atoms with Gasteiger partial charge in [0, 0.05) is 12.5 Å². The van der Waals surface area contributed by atoms with E-state index in [1.807, 2.05) is 6.92 Å². The summed E-state index contributed by atoms with van der Waals surface area (Å²) >= 11 is 0. The van der Waals surface area contributed by atoms with Crippen molar-refractivity contribution in [2.45, 2.75) is 45.4 Å². The molecule has 0 atom stereocenters. The first-order valence-corrected chi connectivity index (χ1v) is 5.87. The number of nitrogens with one attached hydrogen (secondary N) is 1. The number of nitrogens with zero attached hydrogens (tertiary/aromatic N) is 2. The van der Waals surface area contributed by atoms with Gasteiger partial charge in [0.15, 0.2) is 5.82 Å². The van der Waals surface area contributed by atoms with E-state index in [0.717, 1.165) is 18.3 Å². The predicted molar refractivity (Wildman–Crippen MR) is 58.8 cm³/mol. The molecule has 0 amide bonds. The van der Waals surface area contributed by atoms with Crippen LogP contribution in [0.25, 0.3) is 0 Å². The molecule has 1 saturated carbocycles. The Morgan fingerprint density at radius 2 is 2.07 bits per heavy atom. The molecule has 1 N–H and O–H groups in total. The molecule has 2 rings (SSSR count). The van der Waals surface area contributed by atoms with Gasteiger partial charge in [-0.05, 0) is 25.7 Å². The summed E-state index contributed by atoms with van der Waals surface area (Å²) in [4.78, 5) is 4.36. The van der Waals surface area contributed by atoms with Gasteiger partial charge >= 0.3 is 6.01 Å². The number of hydrogen-bond acceptors (Lipinski definition) is 4. The maximum absolute atomic E-state index is 5.11. The van der Waals surface area contributed by atoms with Crippen LogP contribution < -0.4 is 5.32 Å². The molecule has 1 aliphatic carbocycles. The summed E-state index contributed by atoms with van der Waals surface area (Å²) in [5.41, 5.74) is 0. The molecule has 0 spiro atoms. The molecule has 15 heavy (non-hydrogen) atoms. The maximum Gasteiger partial charge on any atom is 0.321 e. The van der Waals surface area contributed by atoms with Gasteiger partial charge in [-0.25, -0.2) is 0 Å². The van der Waals surface area contributed by atoms with Gasteiger partial charge in [-0.15, -0.1) is 0 Å². The Balaban J connectivity index is 1.96. The summed E-state index contributed by atoms with van der Waals surface area (Å²) in [6, 6.07) is 0.561. The van der Waals surface area contributed by atoms with Crippen molar-refractivity contribution in [3.63, 3.8) is 0 Å². The van der Waals surface area contributed by atoms with Gasteiger partial charge in [0.25, 0.3) is 0 Å². The monoisotopic (exact) mass is 209 g/mol. The van der Waals surface area contributed by atoms with Crippen LogP contribution in [-0.2, 0) is 0 Å². The second kappa shape index (κ2) is 4.64. The SMILES string of the molecule is CCNc1nc(C2CCC(C)CC2)no1. The fourth-order valence-corrected chi connectivity index (χ4v) is 2.14. The first-order valence-electron chi connectivity index (χ1n) is 5.87. The van der Waals surface area contributed by atoms with E-state index in [1.165, 1.54) is 25.7 Å². The van der Waals surface area contributed by atoms with Crippen LogP contribution in [0.4, 0.5) is 6.01 Å². The third kappa shape index (κ3) is 2.49. The topological polar surface area (TPSA) is 51.0 Å². The molecule has 84 valence electrons. The molecule has 4 heteroatoms. The number of anilines is 1. The molecule has 0 unspecified atom stereocenters. The molecule has 0 aromatic carbocycles. The molecule has 0 saturated heterocycles. The van der Waals surface area contributed by atoms with E-state index >= 15 is 0 Å². The predicted octanol–water partition coefficient (Wildman–Crippen LogP) is 2.80. The normalized spacial score (nSPS) is 26.5. The lowest BCUT2D eigenvalue weighted by molar-refractivity contribution is 0.329. The Bertz CT molecular complexity index is 303. The van der Waals surface area contributed by atoms with Crippen LogP contribution in [0.1, 0.15) is 51.3 Å². The van der Waals surface area contributed by atoms with Gasteiger partial charge in [0.2, 0.25) is 0 Å². The zero-order valence-corrected chi connectivity index (χ0v) is 9.49. The zero-order valence-electron chi connectivity index (χ0n) is 9.49. The van der Waals surface area contributed by atoms with Gasteiger partial charge in [-0.3, -0.25) is 0 Å². The van der Waals surface area contributed by atoms with Crippen molar-refractivity contribution in [1.29, 1.82) is 0 Å². The van der Waals surface area contributed by atoms with Gasteiger partial charge in [-0.1, -0.05) is 24.9 Å². The minimum atomic E-state index is 0.511. The van der Waals surface area contributed by atoms with Crippen molar-refractivity contribution in [2.75, 3.05) is 11.9 Å². The van der Waals surface area contributed by atoms with Crippen molar-refractivity contribution < 1.29 is 4.52 Å². The van der Waals surface area contributed by atoms with Crippen LogP contribution in [0.2, 0.25) is 0 Å². The van der Waals surface area contributed by atoms with E-state index in [-0.39, 0.29) is 0 Å². The van der Waals surface area contributed by atoms with E-state index in [9.17, 15) is 0 Å². The van der Waals surface area contributed by atoms with Gasteiger partial charge in [-0.2, -0.15) is 4.98 Å². The zero-order chi connectivity index (χ0) is 10.7. The first-order chi connectivity index (χ1) is 7.29. The molecule has 1 aromatic rings. The highest BCUT2D eigenvalue weighted by atomic mass is 16.5. The Morgan fingerprint density at radius 3 is 2.73 bits per heavy atom. The lowest BCUT2D eigenvalue weighted by Crippen LogP contribution is -2.12. The Morgan fingerprint density at radius 1 is 1.33 bits per heavy atom. The average molecular weight is 209 g/mol. The van der Waals surface area contributed by atoms with Crippen LogP contribution in [-0.4, -0.2) is 16.7 Å². The minimum absolute atomic E-state index is 0.511. The van der Waals surface area contributed by atoms with E-state index in [1.54, 1.807) is 0 Å².